The lowest BCUT2D eigenvalue weighted by atomic mass is 9.96. The smallest absolute Gasteiger partial charge is 0.408 e. The molecule has 3 atom stereocenters. The monoisotopic (exact) mass is 523 g/mol. The first-order chi connectivity index (χ1) is 17.8. The van der Waals surface area contributed by atoms with Gasteiger partial charge in [0.25, 0.3) is 0 Å². The van der Waals surface area contributed by atoms with Crippen molar-refractivity contribution < 1.29 is 19.1 Å². The van der Waals surface area contributed by atoms with Crippen molar-refractivity contribution in [3.05, 3.63) is 71.3 Å². The minimum Gasteiger partial charge on any atom is -0.444 e. The van der Waals surface area contributed by atoms with Crippen molar-refractivity contribution in [2.45, 2.75) is 98.5 Å². The zero-order valence-corrected chi connectivity index (χ0v) is 24.2. The summed E-state index contributed by atoms with van der Waals surface area (Å²) in [6.07, 6.45) is 0.940. The van der Waals surface area contributed by atoms with E-state index in [1.165, 1.54) is 0 Å². The molecule has 0 saturated carbocycles. The minimum absolute atomic E-state index is 0.249. The number of nitrogens with one attached hydrogen (secondary N) is 2. The van der Waals surface area contributed by atoms with Gasteiger partial charge in [0.1, 0.15) is 17.7 Å². The number of carbonyl (C=O) groups is 3. The van der Waals surface area contributed by atoms with Crippen LogP contribution in [0.4, 0.5) is 4.79 Å². The number of carbonyl (C=O) groups excluding carboxylic acids is 3. The third-order valence-electron chi connectivity index (χ3n) is 6.22. The molecule has 2 aromatic rings. The molecule has 2 N–H and O–H groups in total. The fourth-order valence-corrected chi connectivity index (χ4v) is 4.15. The quantitative estimate of drug-likeness (QED) is 0.383. The van der Waals surface area contributed by atoms with E-state index in [1.807, 2.05) is 68.4 Å². The summed E-state index contributed by atoms with van der Waals surface area (Å²) in [4.78, 5) is 41.9. The predicted octanol–water partition coefficient (Wildman–Crippen LogP) is 5.92. The Morgan fingerprint density at radius 1 is 0.895 bits per heavy atom. The molecule has 2 aromatic carbocycles. The van der Waals surface area contributed by atoms with Crippen LogP contribution in [-0.2, 0) is 20.9 Å². The van der Waals surface area contributed by atoms with E-state index in [0.717, 1.165) is 29.5 Å². The molecule has 0 aromatic heterocycles. The Kier molecular flexibility index (Phi) is 11.4. The summed E-state index contributed by atoms with van der Waals surface area (Å²) in [5, 5.41) is 5.70. The van der Waals surface area contributed by atoms with Gasteiger partial charge in [-0.1, -0.05) is 74.0 Å². The Hall–Kier alpha value is -3.35. The van der Waals surface area contributed by atoms with Gasteiger partial charge >= 0.3 is 6.09 Å². The number of hydrogen-bond donors (Lipinski definition) is 2. The van der Waals surface area contributed by atoms with Gasteiger partial charge in [-0.15, -0.1) is 0 Å². The molecule has 2 rings (SSSR count). The van der Waals surface area contributed by atoms with Crippen molar-refractivity contribution in [2.24, 2.45) is 5.92 Å². The lowest BCUT2D eigenvalue weighted by molar-refractivity contribution is -0.145. The molecule has 0 spiro atoms. The highest BCUT2D eigenvalue weighted by Gasteiger charge is 2.37. The maximum absolute atomic E-state index is 14.0. The largest absolute Gasteiger partial charge is 0.444 e. The number of alkyl carbamates (subject to hydrolysis) is 1. The topological polar surface area (TPSA) is 87.7 Å². The lowest BCUT2D eigenvalue weighted by Gasteiger charge is -2.38. The first-order valence-corrected chi connectivity index (χ1v) is 13.5. The van der Waals surface area contributed by atoms with E-state index >= 15 is 0 Å². The molecule has 0 aliphatic rings. The predicted molar refractivity (Wildman–Crippen MR) is 151 cm³/mol. The molecular formula is C31H45N3O4. The molecule has 0 heterocycles. The van der Waals surface area contributed by atoms with Crippen molar-refractivity contribution in [3.63, 3.8) is 0 Å². The molecule has 7 nitrogen and oxygen atoms in total. The maximum Gasteiger partial charge on any atom is 0.408 e. The Balaban J connectivity index is 2.43. The Bertz CT molecular complexity index is 1050. The second-order valence-electron chi connectivity index (χ2n) is 11.5. The van der Waals surface area contributed by atoms with Gasteiger partial charge in [-0.3, -0.25) is 9.59 Å². The summed E-state index contributed by atoms with van der Waals surface area (Å²) in [5.41, 5.74) is 2.05. The molecule has 0 aliphatic carbocycles. The Morgan fingerprint density at radius 3 is 2.05 bits per heavy atom. The highest BCUT2D eigenvalue weighted by Crippen LogP contribution is 2.28. The van der Waals surface area contributed by atoms with Crippen LogP contribution in [0.1, 0.15) is 84.0 Å². The summed E-state index contributed by atoms with van der Waals surface area (Å²) in [5.74, 6) is -0.170. The molecule has 0 fully saturated rings. The second kappa shape index (κ2) is 14.0. The van der Waals surface area contributed by atoms with Crippen molar-refractivity contribution in [1.82, 2.24) is 15.5 Å². The van der Waals surface area contributed by atoms with Crippen LogP contribution in [0.5, 0.6) is 0 Å². The molecule has 0 radical (unpaired) electrons. The number of nitrogens with zero attached hydrogens (tertiary/aromatic N) is 1. The van der Waals surface area contributed by atoms with E-state index < -0.39 is 23.8 Å². The van der Waals surface area contributed by atoms with Gasteiger partial charge in [0.2, 0.25) is 11.8 Å². The third-order valence-corrected chi connectivity index (χ3v) is 6.22. The molecule has 7 heteroatoms. The van der Waals surface area contributed by atoms with Crippen molar-refractivity contribution >= 4 is 17.9 Å². The molecule has 0 saturated heterocycles. The highest BCUT2D eigenvalue weighted by molar-refractivity contribution is 5.92. The first-order valence-electron chi connectivity index (χ1n) is 13.5. The summed E-state index contributed by atoms with van der Waals surface area (Å²) in [6, 6.07) is 15.3. The molecule has 0 bridgehead atoms. The van der Waals surface area contributed by atoms with E-state index in [9.17, 15) is 14.4 Å². The zero-order chi connectivity index (χ0) is 28.5. The minimum atomic E-state index is -0.888. The molecule has 0 aliphatic heterocycles. The number of ether oxygens (including phenoxy) is 1. The summed E-state index contributed by atoms with van der Waals surface area (Å²) >= 11 is 0. The number of benzene rings is 2. The van der Waals surface area contributed by atoms with Crippen molar-refractivity contribution in [2.75, 3.05) is 0 Å². The molecule has 3 amide bonds. The lowest BCUT2D eigenvalue weighted by Crippen LogP contribution is -2.54. The van der Waals surface area contributed by atoms with Crippen LogP contribution in [0, 0.1) is 12.8 Å². The third kappa shape index (κ3) is 9.84. The van der Waals surface area contributed by atoms with E-state index in [2.05, 4.69) is 24.5 Å². The fourth-order valence-electron chi connectivity index (χ4n) is 4.15. The molecule has 208 valence electrons. The van der Waals surface area contributed by atoms with Crippen molar-refractivity contribution in [3.8, 4) is 0 Å². The molecular weight excluding hydrogens is 478 g/mol. The highest BCUT2D eigenvalue weighted by atomic mass is 16.6. The van der Waals surface area contributed by atoms with Crippen LogP contribution >= 0.6 is 0 Å². The van der Waals surface area contributed by atoms with E-state index in [4.69, 9.17) is 4.74 Å². The fraction of sp³-hybridized carbons (Fsp3) is 0.516. The van der Waals surface area contributed by atoms with Gasteiger partial charge in [0, 0.05) is 12.6 Å². The van der Waals surface area contributed by atoms with Crippen LogP contribution in [0.25, 0.3) is 0 Å². The normalized spacial score (nSPS) is 13.8. The second-order valence-corrected chi connectivity index (χ2v) is 11.5. The first kappa shape index (κ1) is 30.9. The van der Waals surface area contributed by atoms with Crippen LogP contribution in [-0.4, -0.2) is 40.5 Å². The maximum atomic E-state index is 14.0. The van der Waals surface area contributed by atoms with Crippen molar-refractivity contribution in [1.29, 1.82) is 0 Å². The summed E-state index contributed by atoms with van der Waals surface area (Å²) < 4.78 is 5.37. The number of hydrogen-bond acceptors (Lipinski definition) is 4. The summed E-state index contributed by atoms with van der Waals surface area (Å²) in [7, 11) is 0. The van der Waals surface area contributed by atoms with Gasteiger partial charge in [-0.05, 0) is 71.4 Å². The average Bonchev–Trinajstić information content (AvgIpc) is 2.84. The number of amides is 3. The van der Waals surface area contributed by atoms with Gasteiger partial charge in [0.05, 0.1) is 0 Å². The summed E-state index contributed by atoms with van der Waals surface area (Å²) in [6.45, 7) is 15.5. The Morgan fingerprint density at radius 2 is 1.50 bits per heavy atom. The van der Waals surface area contributed by atoms with Gasteiger partial charge in [-0.25, -0.2) is 4.79 Å². The molecule has 3 unspecified atom stereocenters. The standard InChI is InChI=1S/C31H45N3O4/c1-21(2)14-17-23(4)34(29(36)24(5)33-30(37)38-31(6,7)8)27(26-18-15-22(3)16-19-26)28(35)32-20-25-12-10-9-11-13-25/h9-13,15-16,18-19,21,23-24,27H,14,17,20H2,1-8H3,(H,32,35)(H,33,37). The van der Waals surface area contributed by atoms with Gasteiger partial charge in [0.15, 0.2) is 0 Å². The van der Waals surface area contributed by atoms with Crippen LogP contribution in [0.15, 0.2) is 54.6 Å². The number of aryl methyl sites for hydroxylation is 1. The van der Waals surface area contributed by atoms with Crippen LogP contribution < -0.4 is 10.6 Å². The number of rotatable bonds is 11. The average molecular weight is 524 g/mol. The van der Waals surface area contributed by atoms with Gasteiger partial charge < -0.3 is 20.3 Å². The van der Waals surface area contributed by atoms with Gasteiger partial charge in [-0.2, -0.15) is 0 Å². The Labute approximate surface area is 228 Å². The SMILES string of the molecule is Cc1ccc(C(C(=O)NCc2ccccc2)N(C(=O)C(C)NC(=O)OC(C)(C)C)C(C)CCC(C)C)cc1. The van der Waals surface area contributed by atoms with E-state index in [-0.39, 0.29) is 17.9 Å². The van der Waals surface area contributed by atoms with E-state index in [1.54, 1.807) is 32.6 Å². The van der Waals surface area contributed by atoms with Crippen LogP contribution in [0.3, 0.4) is 0 Å². The molecule has 38 heavy (non-hydrogen) atoms. The zero-order valence-electron chi connectivity index (χ0n) is 24.2. The van der Waals surface area contributed by atoms with Crippen LogP contribution in [0.2, 0.25) is 0 Å². The van der Waals surface area contributed by atoms with E-state index in [0.29, 0.717) is 12.5 Å².